The van der Waals surface area contributed by atoms with Crippen molar-refractivity contribution in [1.29, 1.82) is 0 Å². The molecule has 0 spiro atoms. The van der Waals surface area contributed by atoms with E-state index in [0.29, 0.717) is 11.2 Å². The van der Waals surface area contributed by atoms with Crippen LogP contribution in [-0.4, -0.2) is 55.0 Å². The van der Waals surface area contributed by atoms with E-state index in [1.165, 1.54) is 19.3 Å². The smallest absolute Gasteiger partial charge is 0.333 e. The van der Waals surface area contributed by atoms with Gasteiger partial charge in [-0.15, -0.1) is 4.73 Å². The number of carbonyl (C=O) groups excluding carboxylic acids is 2. The number of rotatable bonds is 21. The molecular formula is C25H40N2O9. The van der Waals surface area contributed by atoms with Gasteiger partial charge in [0.05, 0.1) is 6.42 Å². The molecule has 0 aromatic carbocycles. The molecule has 204 valence electrons. The second-order valence-electron chi connectivity index (χ2n) is 8.94. The number of nitrogens with one attached hydrogen (secondary N) is 1. The molecule has 1 rings (SSSR count). The first-order valence-electron chi connectivity index (χ1n) is 12.8. The maximum Gasteiger partial charge on any atom is 0.333 e. The van der Waals surface area contributed by atoms with Gasteiger partial charge in [0.1, 0.15) is 6.04 Å². The van der Waals surface area contributed by atoms with Gasteiger partial charge in [0.15, 0.2) is 0 Å². The summed E-state index contributed by atoms with van der Waals surface area (Å²) in [6, 6.07) is 1.01. The molecule has 36 heavy (non-hydrogen) atoms. The van der Waals surface area contributed by atoms with Crippen LogP contribution in [0.4, 0.5) is 0 Å². The number of aromatic hydroxyl groups is 2. The number of hydrogen-bond donors (Lipinski definition) is 5. The molecular weight excluding hydrogens is 472 g/mol. The van der Waals surface area contributed by atoms with Crippen molar-refractivity contribution in [3.63, 3.8) is 0 Å². The molecule has 11 heteroatoms. The van der Waals surface area contributed by atoms with Crippen LogP contribution in [-0.2, 0) is 19.2 Å². The molecule has 0 unspecified atom stereocenters. The number of aliphatic carboxylic acids is 2. The highest BCUT2D eigenvalue weighted by molar-refractivity contribution is 5.84. The average molecular weight is 513 g/mol. The van der Waals surface area contributed by atoms with E-state index in [2.05, 4.69) is 5.32 Å². The highest BCUT2D eigenvalue weighted by atomic mass is 16.7. The van der Waals surface area contributed by atoms with Crippen molar-refractivity contribution < 1.29 is 44.4 Å². The van der Waals surface area contributed by atoms with Gasteiger partial charge in [-0.2, -0.15) is 0 Å². The van der Waals surface area contributed by atoms with E-state index >= 15 is 0 Å². The monoisotopic (exact) mass is 512 g/mol. The Morgan fingerprint density at radius 3 is 1.61 bits per heavy atom. The molecule has 1 atom stereocenters. The van der Waals surface area contributed by atoms with Crippen LogP contribution in [0, 0.1) is 0 Å². The van der Waals surface area contributed by atoms with Crippen molar-refractivity contribution in [3.05, 3.63) is 12.1 Å². The summed E-state index contributed by atoms with van der Waals surface area (Å²) in [5.41, 5.74) is 0. The van der Waals surface area contributed by atoms with Gasteiger partial charge in [-0.05, 0) is 19.3 Å². The summed E-state index contributed by atoms with van der Waals surface area (Å²) in [5.74, 6) is -4.21. The molecule has 1 aromatic rings. The highest BCUT2D eigenvalue weighted by Gasteiger charge is 2.22. The molecule has 0 radical (unpaired) electrons. The molecule has 0 aliphatic rings. The van der Waals surface area contributed by atoms with Gasteiger partial charge >= 0.3 is 17.9 Å². The lowest BCUT2D eigenvalue weighted by molar-refractivity contribution is -0.147. The Kier molecular flexibility index (Phi) is 15.5. The Labute approximate surface area is 211 Å². The van der Waals surface area contributed by atoms with E-state index in [1.54, 1.807) is 0 Å². The van der Waals surface area contributed by atoms with E-state index < -0.39 is 35.7 Å². The molecule has 1 amide bonds. The Balaban J connectivity index is 2.06. The minimum Gasteiger partial charge on any atom is -0.492 e. The summed E-state index contributed by atoms with van der Waals surface area (Å²) in [7, 11) is 0. The molecule has 1 aromatic heterocycles. The molecule has 0 saturated heterocycles. The summed E-state index contributed by atoms with van der Waals surface area (Å²) in [6.45, 7) is 0. The summed E-state index contributed by atoms with van der Waals surface area (Å²) < 4.78 is 0.518. The van der Waals surface area contributed by atoms with E-state index in [0.717, 1.165) is 63.5 Å². The summed E-state index contributed by atoms with van der Waals surface area (Å²) in [4.78, 5) is 50.6. The summed E-state index contributed by atoms with van der Waals surface area (Å²) >= 11 is 0. The van der Waals surface area contributed by atoms with E-state index in [9.17, 15) is 34.5 Å². The van der Waals surface area contributed by atoms with Crippen molar-refractivity contribution in [3.8, 4) is 11.8 Å². The number of amides is 1. The standard InChI is InChI=1S/C25H40N2O9/c28-20(13-11-9-7-5-3-1-2-4-6-8-10-12-14-23(31)32)26-19(25(34)35)15-18-24(33)36-27-21(29)16-17-22(27)30/h16-17,19,29-30H,1-15,18H2,(H,26,28)(H,31,32)(H,34,35)/t19-/m0/s1. The summed E-state index contributed by atoms with van der Waals surface area (Å²) in [6.07, 6.45) is 12.2. The number of unbranched alkanes of at least 4 members (excludes halogenated alkanes) is 11. The van der Waals surface area contributed by atoms with Gasteiger partial charge in [-0.1, -0.05) is 64.2 Å². The first-order chi connectivity index (χ1) is 17.2. The molecule has 5 N–H and O–H groups in total. The van der Waals surface area contributed by atoms with Crippen LogP contribution in [0.3, 0.4) is 0 Å². The minimum atomic E-state index is -1.26. The number of aromatic nitrogens is 1. The third-order valence-corrected chi connectivity index (χ3v) is 5.81. The predicted octanol–water partition coefficient (Wildman–Crippen LogP) is 3.75. The quantitative estimate of drug-likeness (QED) is 0.154. The SMILES string of the molecule is O=C(O)CCCCCCCCCCCCCCC(=O)N[C@@H](CCC(=O)On1c(O)ccc1O)C(=O)O. The maximum atomic E-state index is 12.1. The van der Waals surface area contributed by atoms with Crippen LogP contribution in [0.25, 0.3) is 0 Å². The number of hydrogen-bond acceptors (Lipinski definition) is 7. The maximum absolute atomic E-state index is 12.1. The Morgan fingerprint density at radius 2 is 1.17 bits per heavy atom. The number of carboxylic acid groups (broad SMARTS) is 2. The lowest BCUT2D eigenvalue weighted by Crippen LogP contribution is -2.41. The van der Waals surface area contributed by atoms with E-state index in [4.69, 9.17) is 9.94 Å². The van der Waals surface area contributed by atoms with E-state index in [1.807, 2.05) is 0 Å². The van der Waals surface area contributed by atoms with E-state index in [-0.39, 0.29) is 31.6 Å². The summed E-state index contributed by atoms with van der Waals surface area (Å²) in [5, 5.41) is 39.2. The highest BCUT2D eigenvalue weighted by Crippen LogP contribution is 2.19. The fourth-order valence-electron chi connectivity index (χ4n) is 3.76. The van der Waals surface area contributed by atoms with Crippen LogP contribution in [0.1, 0.15) is 103 Å². The third kappa shape index (κ3) is 14.2. The Morgan fingerprint density at radius 1 is 0.722 bits per heavy atom. The third-order valence-electron chi connectivity index (χ3n) is 5.81. The van der Waals surface area contributed by atoms with Gasteiger partial charge in [-0.3, -0.25) is 9.59 Å². The fraction of sp³-hybridized carbons (Fsp3) is 0.680. The van der Waals surface area contributed by atoms with Crippen molar-refractivity contribution in [1.82, 2.24) is 10.0 Å². The van der Waals surface area contributed by atoms with Crippen LogP contribution in [0.5, 0.6) is 11.8 Å². The van der Waals surface area contributed by atoms with Crippen molar-refractivity contribution in [2.45, 2.75) is 109 Å². The molecule has 0 aliphatic carbocycles. The molecule has 1 heterocycles. The largest absolute Gasteiger partial charge is 0.492 e. The van der Waals surface area contributed by atoms with Gasteiger partial charge in [-0.25, -0.2) is 9.59 Å². The zero-order valence-corrected chi connectivity index (χ0v) is 20.8. The van der Waals surface area contributed by atoms with Gasteiger partial charge in [0.2, 0.25) is 17.7 Å². The van der Waals surface area contributed by atoms with Crippen molar-refractivity contribution in [2.24, 2.45) is 0 Å². The van der Waals surface area contributed by atoms with Gasteiger partial charge in [0.25, 0.3) is 0 Å². The Hall–Kier alpha value is -3.24. The van der Waals surface area contributed by atoms with Crippen molar-refractivity contribution in [2.75, 3.05) is 0 Å². The second kappa shape index (κ2) is 18.1. The predicted molar refractivity (Wildman–Crippen MR) is 130 cm³/mol. The average Bonchev–Trinajstić information content (AvgIpc) is 3.13. The first-order valence-corrected chi connectivity index (χ1v) is 12.8. The molecule has 0 fully saturated rings. The lowest BCUT2D eigenvalue weighted by Gasteiger charge is -2.14. The minimum absolute atomic E-state index is 0.189. The molecule has 0 bridgehead atoms. The molecule has 0 saturated carbocycles. The van der Waals surface area contributed by atoms with Crippen LogP contribution < -0.4 is 10.2 Å². The van der Waals surface area contributed by atoms with Crippen LogP contribution in [0.2, 0.25) is 0 Å². The lowest BCUT2D eigenvalue weighted by atomic mass is 10.0. The molecule has 0 aliphatic heterocycles. The number of nitrogens with zero attached hydrogens (tertiary/aromatic N) is 1. The first kappa shape index (κ1) is 30.8. The Bertz CT molecular complexity index is 803. The van der Waals surface area contributed by atoms with Crippen molar-refractivity contribution >= 4 is 23.8 Å². The number of carbonyl (C=O) groups is 4. The van der Waals surface area contributed by atoms with Gasteiger partial charge in [0, 0.05) is 25.0 Å². The normalized spacial score (nSPS) is 11.7. The number of carboxylic acids is 2. The zero-order chi connectivity index (χ0) is 26.8. The topological polar surface area (TPSA) is 175 Å². The molecule has 11 nitrogen and oxygen atoms in total. The second-order valence-corrected chi connectivity index (χ2v) is 8.94. The van der Waals surface area contributed by atoms with Crippen LogP contribution in [0.15, 0.2) is 12.1 Å². The zero-order valence-electron chi connectivity index (χ0n) is 20.8. The van der Waals surface area contributed by atoms with Crippen LogP contribution >= 0.6 is 0 Å². The fourth-order valence-corrected chi connectivity index (χ4v) is 3.76. The van der Waals surface area contributed by atoms with Gasteiger partial charge < -0.3 is 30.6 Å².